The molecule has 3 heterocycles. The summed E-state index contributed by atoms with van der Waals surface area (Å²) >= 11 is 6.37. The second kappa shape index (κ2) is 5.82. The van der Waals surface area contributed by atoms with Gasteiger partial charge in [-0.2, -0.15) is 15.5 Å². The van der Waals surface area contributed by atoms with Gasteiger partial charge in [0.25, 0.3) is 0 Å². The number of hydrogen-bond donors (Lipinski definition) is 2. The zero-order valence-electron chi connectivity index (χ0n) is 13.9. The molecule has 0 aliphatic rings. The molecule has 0 fully saturated rings. The first-order valence-electron chi connectivity index (χ1n) is 7.69. The molecule has 0 saturated heterocycles. The number of nitriles is 1. The third kappa shape index (κ3) is 2.37. The van der Waals surface area contributed by atoms with Gasteiger partial charge >= 0.3 is 0 Å². The molecule has 3 aromatic heterocycles. The highest BCUT2D eigenvalue weighted by Gasteiger charge is 2.20. The standard InChI is InChI=1S/C17H13ClN8/c1-8-11(7-22-26(8)2)16-15(23-13(5-19)17(20)24-16)9-3-10-6-21-25-14(10)12(18)4-9/h3-4,6-7H,1-2H3,(H2,20,24)(H,21,25). The maximum atomic E-state index is 9.31. The van der Waals surface area contributed by atoms with Crippen molar-refractivity contribution in [3.63, 3.8) is 0 Å². The number of halogens is 1. The Morgan fingerprint density at radius 3 is 2.73 bits per heavy atom. The van der Waals surface area contributed by atoms with E-state index in [0.29, 0.717) is 22.0 Å². The molecule has 0 aliphatic carbocycles. The number of anilines is 1. The van der Waals surface area contributed by atoms with E-state index >= 15 is 0 Å². The van der Waals surface area contributed by atoms with E-state index in [-0.39, 0.29) is 11.5 Å². The largest absolute Gasteiger partial charge is 0.381 e. The predicted molar refractivity (Wildman–Crippen MR) is 98.2 cm³/mol. The molecular formula is C17H13ClN8. The zero-order valence-corrected chi connectivity index (χ0v) is 14.7. The minimum Gasteiger partial charge on any atom is -0.381 e. The Morgan fingerprint density at radius 2 is 2.04 bits per heavy atom. The summed E-state index contributed by atoms with van der Waals surface area (Å²) in [6, 6.07) is 5.63. The van der Waals surface area contributed by atoms with Crippen molar-refractivity contribution in [1.29, 1.82) is 5.26 Å². The van der Waals surface area contributed by atoms with Crippen molar-refractivity contribution >= 4 is 28.3 Å². The molecule has 0 spiro atoms. The summed E-state index contributed by atoms with van der Waals surface area (Å²) in [5, 5.41) is 21.8. The molecule has 8 nitrogen and oxygen atoms in total. The van der Waals surface area contributed by atoms with Crippen molar-refractivity contribution in [3.8, 4) is 28.6 Å². The quantitative estimate of drug-likeness (QED) is 0.564. The van der Waals surface area contributed by atoms with Crippen LogP contribution in [0, 0.1) is 18.3 Å². The summed E-state index contributed by atoms with van der Waals surface area (Å²) in [4.78, 5) is 8.88. The van der Waals surface area contributed by atoms with Crippen LogP contribution < -0.4 is 5.73 Å². The Bertz CT molecular complexity index is 1200. The topological polar surface area (TPSA) is 122 Å². The monoisotopic (exact) mass is 364 g/mol. The van der Waals surface area contributed by atoms with E-state index in [0.717, 1.165) is 22.2 Å². The van der Waals surface area contributed by atoms with E-state index in [2.05, 4.69) is 25.3 Å². The van der Waals surface area contributed by atoms with Gasteiger partial charge in [-0.1, -0.05) is 11.6 Å². The summed E-state index contributed by atoms with van der Waals surface area (Å²) in [6.45, 7) is 1.93. The molecule has 128 valence electrons. The average molecular weight is 365 g/mol. The lowest BCUT2D eigenvalue weighted by Crippen LogP contribution is -2.04. The number of H-pyrrole nitrogens is 1. The van der Waals surface area contributed by atoms with Crippen LogP contribution in [0.2, 0.25) is 5.02 Å². The van der Waals surface area contributed by atoms with Crippen LogP contribution >= 0.6 is 11.6 Å². The lowest BCUT2D eigenvalue weighted by atomic mass is 10.0. The van der Waals surface area contributed by atoms with E-state index in [1.807, 2.05) is 26.1 Å². The van der Waals surface area contributed by atoms with Gasteiger partial charge in [0.05, 0.1) is 28.6 Å². The Morgan fingerprint density at radius 1 is 1.23 bits per heavy atom. The van der Waals surface area contributed by atoms with Crippen LogP contribution in [0.5, 0.6) is 0 Å². The number of aromatic nitrogens is 6. The molecule has 0 unspecified atom stereocenters. The fourth-order valence-electron chi connectivity index (χ4n) is 2.80. The van der Waals surface area contributed by atoms with Crippen molar-refractivity contribution in [1.82, 2.24) is 29.9 Å². The molecule has 0 radical (unpaired) electrons. The fourth-order valence-corrected chi connectivity index (χ4v) is 3.07. The molecule has 0 bridgehead atoms. The Balaban J connectivity index is 2.05. The molecule has 0 amide bonds. The maximum absolute atomic E-state index is 9.31. The summed E-state index contributed by atoms with van der Waals surface area (Å²) in [6.07, 6.45) is 3.38. The van der Waals surface area contributed by atoms with Crippen molar-refractivity contribution in [2.45, 2.75) is 6.92 Å². The van der Waals surface area contributed by atoms with Crippen LogP contribution in [0.15, 0.2) is 24.5 Å². The van der Waals surface area contributed by atoms with Gasteiger partial charge < -0.3 is 5.73 Å². The van der Waals surface area contributed by atoms with Gasteiger partial charge in [-0.05, 0) is 19.1 Å². The number of aryl methyl sites for hydroxylation is 1. The van der Waals surface area contributed by atoms with Crippen LogP contribution in [0.1, 0.15) is 11.4 Å². The minimum absolute atomic E-state index is 0.0636. The third-order valence-electron chi connectivity index (χ3n) is 4.29. The van der Waals surface area contributed by atoms with Crippen molar-refractivity contribution in [3.05, 3.63) is 40.9 Å². The Labute approximate surface area is 153 Å². The van der Waals surface area contributed by atoms with Crippen LogP contribution in [-0.4, -0.2) is 29.9 Å². The van der Waals surface area contributed by atoms with E-state index < -0.39 is 0 Å². The summed E-state index contributed by atoms with van der Waals surface area (Å²) in [5.74, 6) is 0.0741. The highest BCUT2D eigenvalue weighted by molar-refractivity contribution is 6.35. The SMILES string of the molecule is Cc1c(-c2nc(N)c(C#N)nc2-c2cc(Cl)c3[nH]ncc3c2)cnn1C. The molecule has 0 aliphatic heterocycles. The molecule has 9 heteroatoms. The fraction of sp³-hybridized carbons (Fsp3) is 0.118. The number of nitrogen functional groups attached to an aromatic ring is 1. The van der Waals surface area contributed by atoms with Crippen molar-refractivity contribution in [2.24, 2.45) is 7.05 Å². The lowest BCUT2D eigenvalue weighted by Gasteiger charge is -2.11. The molecule has 4 rings (SSSR count). The van der Waals surface area contributed by atoms with Crippen LogP contribution in [-0.2, 0) is 7.05 Å². The van der Waals surface area contributed by atoms with Gasteiger partial charge in [-0.25, -0.2) is 9.97 Å². The predicted octanol–water partition coefficient (Wildman–Crippen LogP) is 2.84. The molecule has 26 heavy (non-hydrogen) atoms. The molecule has 4 aromatic rings. The molecule has 0 atom stereocenters. The first-order chi connectivity index (χ1) is 12.5. The second-order valence-corrected chi connectivity index (χ2v) is 6.23. The Hall–Kier alpha value is -3.44. The number of aromatic amines is 1. The molecule has 0 saturated carbocycles. The van der Waals surface area contributed by atoms with Gasteiger partial charge in [0.15, 0.2) is 11.5 Å². The second-order valence-electron chi connectivity index (χ2n) is 5.83. The first kappa shape index (κ1) is 16.1. The smallest absolute Gasteiger partial charge is 0.183 e. The van der Waals surface area contributed by atoms with E-state index in [9.17, 15) is 5.26 Å². The molecule has 1 aromatic carbocycles. The number of nitrogens with zero attached hydrogens (tertiary/aromatic N) is 6. The molecular weight excluding hydrogens is 352 g/mol. The van der Waals surface area contributed by atoms with Crippen LogP contribution in [0.3, 0.4) is 0 Å². The van der Waals surface area contributed by atoms with Gasteiger partial charge in [-0.15, -0.1) is 0 Å². The average Bonchev–Trinajstić information content (AvgIpc) is 3.22. The number of fused-ring (bicyclic) bond motifs is 1. The maximum Gasteiger partial charge on any atom is 0.183 e. The summed E-state index contributed by atoms with van der Waals surface area (Å²) < 4.78 is 1.74. The van der Waals surface area contributed by atoms with Crippen molar-refractivity contribution in [2.75, 3.05) is 5.73 Å². The third-order valence-corrected chi connectivity index (χ3v) is 4.59. The number of rotatable bonds is 2. The van der Waals surface area contributed by atoms with Crippen LogP contribution in [0.25, 0.3) is 33.4 Å². The van der Waals surface area contributed by atoms with E-state index in [4.69, 9.17) is 17.3 Å². The minimum atomic E-state index is 0.0636. The van der Waals surface area contributed by atoms with Gasteiger partial charge in [-0.3, -0.25) is 9.78 Å². The lowest BCUT2D eigenvalue weighted by molar-refractivity contribution is 0.740. The molecule has 3 N–H and O–H groups in total. The normalized spacial score (nSPS) is 11.0. The van der Waals surface area contributed by atoms with E-state index in [1.165, 1.54) is 0 Å². The summed E-state index contributed by atoms with van der Waals surface area (Å²) in [5.41, 5.74) is 10.2. The number of benzene rings is 1. The first-order valence-corrected chi connectivity index (χ1v) is 8.07. The zero-order chi connectivity index (χ0) is 18.4. The summed E-state index contributed by atoms with van der Waals surface area (Å²) in [7, 11) is 1.84. The van der Waals surface area contributed by atoms with Crippen LogP contribution in [0.4, 0.5) is 5.82 Å². The Kier molecular flexibility index (Phi) is 3.60. The highest BCUT2D eigenvalue weighted by Crippen LogP contribution is 2.35. The highest BCUT2D eigenvalue weighted by atomic mass is 35.5. The van der Waals surface area contributed by atoms with Gasteiger partial charge in [0.2, 0.25) is 0 Å². The van der Waals surface area contributed by atoms with E-state index in [1.54, 1.807) is 23.1 Å². The number of nitrogens with one attached hydrogen (secondary N) is 1. The number of hydrogen-bond acceptors (Lipinski definition) is 6. The van der Waals surface area contributed by atoms with Gasteiger partial charge in [0.1, 0.15) is 11.8 Å². The van der Waals surface area contributed by atoms with Gasteiger partial charge in [0, 0.05) is 29.3 Å². The number of nitrogens with two attached hydrogens (primary N) is 1. The van der Waals surface area contributed by atoms with Crippen molar-refractivity contribution < 1.29 is 0 Å².